The van der Waals surface area contributed by atoms with Crippen molar-refractivity contribution in [3.63, 3.8) is 0 Å². The van der Waals surface area contributed by atoms with Gasteiger partial charge in [-0.3, -0.25) is 0 Å². The van der Waals surface area contributed by atoms with E-state index in [2.05, 4.69) is 0 Å². The zero-order chi connectivity index (χ0) is 23.4. The van der Waals surface area contributed by atoms with Gasteiger partial charge < -0.3 is 38.0 Å². The molecule has 0 saturated carbocycles. The second kappa shape index (κ2) is 10.4. The predicted molar refractivity (Wildman–Crippen MR) is 116 cm³/mol. The van der Waals surface area contributed by atoms with Gasteiger partial charge in [0.15, 0.2) is 0 Å². The highest BCUT2D eigenvalue weighted by Gasteiger charge is 2.60. The van der Waals surface area contributed by atoms with Crippen LogP contribution < -0.4 is 4.74 Å². The van der Waals surface area contributed by atoms with Crippen LogP contribution in [0.15, 0.2) is 36.4 Å². The lowest BCUT2D eigenvalue weighted by molar-refractivity contribution is -0.457. The number of hydrogen-bond acceptors (Lipinski definition) is 8. The Bertz CT molecular complexity index is 781. The van der Waals surface area contributed by atoms with Crippen LogP contribution in [0.4, 0.5) is 0 Å². The molecule has 178 valence electrons. The number of fused-ring (bicyclic) bond motifs is 1. The van der Waals surface area contributed by atoms with E-state index in [-0.39, 0.29) is 18.4 Å². The van der Waals surface area contributed by atoms with Crippen molar-refractivity contribution in [2.75, 3.05) is 35.0 Å². The maximum atomic E-state index is 12.1. The SMILES string of the molecule is COC[C@@H]1C=C[C@@H]([C@H](C=O)OCc2ccc(OC)cc2)[C@H]2O[C@](C)(OC)[C@@](C)(OC)O[C@@H]21. The number of carbonyl (C=O) groups excluding carboxylic acids is 1. The van der Waals surface area contributed by atoms with Gasteiger partial charge in [-0.15, -0.1) is 0 Å². The fourth-order valence-corrected chi connectivity index (χ4v) is 4.25. The zero-order valence-electron chi connectivity index (χ0n) is 19.6. The Morgan fingerprint density at radius 1 is 0.969 bits per heavy atom. The molecule has 1 aromatic carbocycles. The number of ether oxygens (including phenoxy) is 7. The summed E-state index contributed by atoms with van der Waals surface area (Å²) in [6.07, 6.45) is 3.11. The van der Waals surface area contributed by atoms with Crippen molar-refractivity contribution in [3.05, 3.63) is 42.0 Å². The van der Waals surface area contributed by atoms with Crippen molar-refractivity contribution in [2.45, 2.75) is 50.3 Å². The Kier molecular flexibility index (Phi) is 8.08. The van der Waals surface area contributed by atoms with Gasteiger partial charge in [-0.2, -0.15) is 0 Å². The van der Waals surface area contributed by atoms with Crippen LogP contribution >= 0.6 is 0 Å². The third kappa shape index (κ3) is 4.76. The minimum Gasteiger partial charge on any atom is -0.497 e. The molecule has 1 heterocycles. The third-order valence-corrected chi connectivity index (χ3v) is 6.51. The van der Waals surface area contributed by atoms with Crippen LogP contribution in [0.3, 0.4) is 0 Å². The molecule has 1 fully saturated rings. The second-order valence-corrected chi connectivity index (χ2v) is 8.31. The summed E-state index contributed by atoms with van der Waals surface area (Å²) in [5.41, 5.74) is 0.931. The molecule has 0 radical (unpaired) electrons. The molecule has 0 spiro atoms. The first kappa shape index (κ1) is 24.8. The minimum atomic E-state index is -1.19. The summed E-state index contributed by atoms with van der Waals surface area (Å²) in [7, 11) is 6.35. The highest BCUT2D eigenvalue weighted by Crippen LogP contribution is 2.45. The maximum Gasteiger partial charge on any atom is 0.220 e. The van der Waals surface area contributed by atoms with Gasteiger partial charge in [0.2, 0.25) is 11.6 Å². The predicted octanol–water partition coefficient (Wildman–Crippen LogP) is 2.74. The van der Waals surface area contributed by atoms with Crippen LogP contribution in [0.5, 0.6) is 5.75 Å². The molecule has 0 aromatic heterocycles. The highest BCUT2D eigenvalue weighted by atomic mass is 16.8. The lowest BCUT2D eigenvalue weighted by Crippen LogP contribution is -2.69. The summed E-state index contributed by atoms with van der Waals surface area (Å²) < 4.78 is 40.8. The molecule has 1 aliphatic heterocycles. The lowest BCUT2D eigenvalue weighted by atomic mass is 9.79. The molecule has 1 aromatic rings. The van der Waals surface area contributed by atoms with E-state index < -0.39 is 29.9 Å². The van der Waals surface area contributed by atoms with E-state index in [1.165, 1.54) is 0 Å². The fraction of sp³-hybridized carbons (Fsp3) is 0.625. The Balaban J connectivity index is 1.83. The molecule has 1 aliphatic carbocycles. The molecule has 1 saturated heterocycles. The van der Waals surface area contributed by atoms with Crippen LogP contribution in [0.2, 0.25) is 0 Å². The summed E-state index contributed by atoms with van der Waals surface area (Å²) in [6.45, 7) is 4.26. The number of rotatable bonds is 10. The molecule has 8 nitrogen and oxygen atoms in total. The van der Waals surface area contributed by atoms with Gasteiger partial charge in [-0.05, 0) is 31.5 Å². The molecule has 0 amide bonds. The fourth-order valence-electron chi connectivity index (χ4n) is 4.25. The van der Waals surface area contributed by atoms with Crippen molar-refractivity contribution in [1.29, 1.82) is 0 Å². The van der Waals surface area contributed by atoms with E-state index in [0.29, 0.717) is 6.61 Å². The second-order valence-electron chi connectivity index (χ2n) is 8.31. The molecule has 7 atom stereocenters. The van der Waals surface area contributed by atoms with Crippen LogP contribution in [0.25, 0.3) is 0 Å². The summed E-state index contributed by atoms with van der Waals surface area (Å²) in [5, 5.41) is 0. The van der Waals surface area contributed by atoms with Gasteiger partial charge in [0.1, 0.15) is 18.1 Å². The van der Waals surface area contributed by atoms with Crippen molar-refractivity contribution < 1.29 is 38.0 Å². The zero-order valence-corrected chi connectivity index (χ0v) is 19.6. The Morgan fingerprint density at radius 3 is 2.12 bits per heavy atom. The quantitative estimate of drug-likeness (QED) is 0.398. The van der Waals surface area contributed by atoms with E-state index in [1.807, 2.05) is 36.4 Å². The molecule has 0 N–H and O–H groups in total. The standard InChI is InChI=1S/C24H34O8/c1-23(28-5)24(2,29-6)32-22-19(12-9-17(15-26-3)21(22)31-23)20(13-25)30-14-16-7-10-18(27-4)11-8-16/h7-13,17,19-22H,14-15H2,1-6H3/t17-,19-,20-,21+,22+,23-,24-/m0/s1. The van der Waals surface area contributed by atoms with Gasteiger partial charge in [-0.25, -0.2) is 0 Å². The molecule has 0 bridgehead atoms. The molecular formula is C24H34O8. The van der Waals surface area contributed by atoms with Gasteiger partial charge in [0.05, 0.1) is 32.5 Å². The first-order valence-electron chi connectivity index (χ1n) is 10.7. The van der Waals surface area contributed by atoms with E-state index in [1.54, 1.807) is 42.3 Å². The summed E-state index contributed by atoms with van der Waals surface area (Å²) in [5.74, 6) is -2.03. The minimum absolute atomic E-state index is 0.0778. The number of hydrogen-bond donors (Lipinski definition) is 0. The Morgan fingerprint density at radius 2 is 1.59 bits per heavy atom. The molecule has 2 aliphatic rings. The van der Waals surface area contributed by atoms with Crippen molar-refractivity contribution in [2.24, 2.45) is 11.8 Å². The van der Waals surface area contributed by atoms with Crippen molar-refractivity contribution >= 4 is 6.29 Å². The van der Waals surface area contributed by atoms with Crippen LogP contribution in [0, 0.1) is 11.8 Å². The van der Waals surface area contributed by atoms with Crippen molar-refractivity contribution in [1.82, 2.24) is 0 Å². The number of methoxy groups -OCH3 is 4. The highest BCUT2D eigenvalue weighted by molar-refractivity contribution is 5.57. The van der Waals surface area contributed by atoms with Gasteiger partial charge in [0.25, 0.3) is 0 Å². The van der Waals surface area contributed by atoms with E-state index in [9.17, 15) is 4.79 Å². The van der Waals surface area contributed by atoms with Gasteiger partial charge >= 0.3 is 0 Å². The van der Waals surface area contributed by atoms with E-state index in [4.69, 9.17) is 33.2 Å². The number of benzene rings is 1. The smallest absolute Gasteiger partial charge is 0.220 e. The first-order valence-corrected chi connectivity index (χ1v) is 10.7. The summed E-state index contributed by atoms with van der Waals surface area (Å²) in [4.78, 5) is 12.1. The molecular weight excluding hydrogens is 416 g/mol. The Labute approximate surface area is 189 Å². The average molecular weight is 451 g/mol. The number of aldehydes is 1. The van der Waals surface area contributed by atoms with Gasteiger partial charge in [-0.1, -0.05) is 24.3 Å². The molecule has 0 unspecified atom stereocenters. The molecule has 8 heteroatoms. The maximum absolute atomic E-state index is 12.1. The number of carbonyl (C=O) groups is 1. The van der Waals surface area contributed by atoms with E-state index in [0.717, 1.165) is 17.6 Å². The topological polar surface area (TPSA) is 81.7 Å². The van der Waals surface area contributed by atoms with E-state index >= 15 is 0 Å². The normalized spacial score (nSPS) is 35.2. The molecule has 3 rings (SSSR count). The summed E-state index contributed by atoms with van der Waals surface area (Å²) in [6, 6.07) is 7.52. The van der Waals surface area contributed by atoms with Crippen molar-refractivity contribution in [3.8, 4) is 5.75 Å². The van der Waals surface area contributed by atoms with Gasteiger partial charge in [0, 0.05) is 33.2 Å². The monoisotopic (exact) mass is 450 g/mol. The average Bonchev–Trinajstić information content (AvgIpc) is 2.82. The van der Waals surface area contributed by atoms with Crippen LogP contribution in [-0.2, 0) is 39.8 Å². The van der Waals surface area contributed by atoms with Crippen LogP contribution in [-0.4, -0.2) is 71.2 Å². The lowest BCUT2D eigenvalue weighted by Gasteiger charge is -2.55. The van der Waals surface area contributed by atoms with Crippen LogP contribution in [0.1, 0.15) is 19.4 Å². The third-order valence-electron chi connectivity index (χ3n) is 6.51. The summed E-state index contributed by atoms with van der Waals surface area (Å²) >= 11 is 0. The Hall–Kier alpha value is -1.81. The molecule has 32 heavy (non-hydrogen) atoms. The first-order chi connectivity index (χ1) is 15.3. The largest absolute Gasteiger partial charge is 0.497 e.